The highest BCUT2D eigenvalue weighted by atomic mass is 79.9. The number of hydrogen-bond donors (Lipinski definition) is 2. The second kappa shape index (κ2) is 31.6. The highest BCUT2D eigenvalue weighted by Crippen LogP contribution is 2.49. The van der Waals surface area contributed by atoms with Gasteiger partial charge >= 0.3 is 7.12 Å². The van der Waals surface area contributed by atoms with E-state index in [1.165, 1.54) is 0 Å². The van der Waals surface area contributed by atoms with E-state index >= 15 is 0 Å². The van der Waals surface area contributed by atoms with Crippen molar-refractivity contribution in [2.45, 2.75) is 103 Å². The van der Waals surface area contributed by atoms with Gasteiger partial charge in [-0.25, -0.2) is 19.3 Å². The van der Waals surface area contributed by atoms with Gasteiger partial charge in [0, 0.05) is 64.0 Å². The molecule has 14 aromatic rings. The number of nitrogens with one attached hydrogen (secondary N) is 2. The molecule has 0 aliphatic carbocycles. The second-order valence-electron chi connectivity index (χ2n) is 29.9. The van der Waals surface area contributed by atoms with E-state index in [1.54, 1.807) is 24.8 Å². The third-order valence-corrected chi connectivity index (χ3v) is 22.3. The van der Waals surface area contributed by atoms with Crippen LogP contribution in [0.15, 0.2) is 337 Å². The standard InChI is InChI=1S/C45H37N5O.C42H32BrN5O.C9H17BO2/c1-30(2)33-14-13-15-34(26-33)31(3)47-44(51)41-27-35-28-42-39(29-40(35)48-41)43(32-22-24-46-25-23-32)49-50(42)45(36-16-7-4-8-17-36,37-18-9-5-10-19-37)38-20-11-6-12-21-38;1-28(30-12-11-19-35(43)24-30)45-41(49)38-25-31-26-39-36(27-37(31)46-38)40(29-20-22-44-23-21-29)47-48(39)42(32-13-5-2-6-14-32,33-15-7-3-8-16-33)34-17-9-4-10-18-34;1-7(2)10-11-8(3,4)9(5,6)12-10/h4-26,28-29,31H,1,27H2,2-3H3,(H,47,51);2-24,26-28H,25H2,1H3,(H,45,49);1H2,2-6H3/t31-;28-;/m11./s1. The zero-order valence-electron chi connectivity index (χ0n) is 64.0. The molecule has 3 aliphatic heterocycles. The fourth-order valence-corrected chi connectivity index (χ4v) is 15.7. The highest BCUT2D eigenvalue weighted by Gasteiger charge is 2.51. The van der Waals surface area contributed by atoms with Gasteiger partial charge in [-0.05, 0) is 183 Å². The van der Waals surface area contributed by atoms with Crippen LogP contribution in [-0.2, 0) is 42.8 Å². The van der Waals surface area contributed by atoms with Crippen LogP contribution in [0.5, 0.6) is 0 Å². The maximum absolute atomic E-state index is 13.7. The van der Waals surface area contributed by atoms with Crippen molar-refractivity contribution < 1.29 is 18.9 Å². The lowest BCUT2D eigenvalue weighted by atomic mass is 9.77. The molecule has 554 valence electrons. The van der Waals surface area contributed by atoms with Crippen molar-refractivity contribution in [3.8, 4) is 22.5 Å². The van der Waals surface area contributed by atoms with Crippen molar-refractivity contribution >= 4 is 85.0 Å². The zero-order valence-corrected chi connectivity index (χ0v) is 65.6. The molecule has 7 heterocycles. The lowest BCUT2D eigenvalue weighted by molar-refractivity contribution is -0.116. The van der Waals surface area contributed by atoms with Crippen LogP contribution in [0.4, 0.5) is 11.4 Å². The van der Waals surface area contributed by atoms with Gasteiger partial charge in [-0.1, -0.05) is 246 Å². The average molecular weight is 1530 g/mol. The van der Waals surface area contributed by atoms with Crippen LogP contribution in [0.1, 0.15) is 129 Å². The Hall–Kier alpha value is -12.3. The smallest absolute Gasteiger partial charge is 0.400 e. The monoisotopic (exact) mass is 1530 g/mol. The number of benzene rings is 10. The number of nitrogens with zero attached hydrogens (tertiary/aromatic N) is 8. The molecular weight excluding hydrogens is 1450 g/mol. The molecule has 4 aromatic heterocycles. The van der Waals surface area contributed by atoms with Gasteiger partial charge < -0.3 is 19.9 Å². The lowest BCUT2D eigenvalue weighted by Crippen LogP contribution is -2.41. The van der Waals surface area contributed by atoms with Crippen molar-refractivity contribution in [1.29, 1.82) is 0 Å². The van der Waals surface area contributed by atoms with Crippen molar-refractivity contribution in [2.24, 2.45) is 9.98 Å². The summed E-state index contributed by atoms with van der Waals surface area (Å²) in [6.45, 7) is 23.9. The number of fused-ring (bicyclic) bond motifs is 4. The van der Waals surface area contributed by atoms with Crippen LogP contribution < -0.4 is 10.6 Å². The molecular formula is C96H86BBrN10O4. The summed E-state index contributed by atoms with van der Waals surface area (Å²) in [5.74, 6) is -0.345. The number of hydrogen-bond acceptors (Lipinski definition) is 10. The third-order valence-electron chi connectivity index (χ3n) is 21.8. The minimum Gasteiger partial charge on any atom is -0.400 e. The van der Waals surface area contributed by atoms with Crippen LogP contribution in [-0.4, -0.2) is 71.1 Å². The van der Waals surface area contributed by atoms with Gasteiger partial charge in [0.15, 0.2) is 0 Å². The molecule has 2 N–H and O–H groups in total. The number of amides is 2. The number of aliphatic imine (C=N–C) groups is 2. The van der Waals surface area contributed by atoms with Gasteiger partial charge in [0.1, 0.15) is 33.9 Å². The van der Waals surface area contributed by atoms with Crippen LogP contribution in [0.3, 0.4) is 0 Å². The van der Waals surface area contributed by atoms with Crippen LogP contribution in [0.2, 0.25) is 0 Å². The maximum atomic E-state index is 13.7. The molecule has 16 heteroatoms. The average Bonchev–Trinajstić information content (AvgIpc) is 1.50. The van der Waals surface area contributed by atoms with Crippen molar-refractivity contribution in [1.82, 2.24) is 40.2 Å². The van der Waals surface area contributed by atoms with Gasteiger partial charge in [0.2, 0.25) is 0 Å². The van der Waals surface area contributed by atoms with Crippen molar-refractivity contribution in [2.75, 3.05) is 0 Å². The molecule has 0 spiro atoms. The van der Waals surface area contributed by atoms with E-state index in [0.29, 0.717) is 24.3 Å². The van der Waals surface area contributed by atoms with E-state index in [1.807, 2.05) is 159 Å². The highest BCUT2D eigenvalue weighted by molar-refractivity contribution is 9.10. The van der Waals surface area contributed by atoms with E-state index in [4.69, 9.17) is 29.5 Å². The molecule has 10 aromatic carbocycles. The van der Waals surface area contributed by atoms with E-state index in [9.17, 15) is 9.59 Å². The normalized spacial score (nSPS) is 14.5. The zero-order chi connectivity index (χ0) is 77.9. The number of allylic oxidation sites excluding steroid dienone is 2. The topological polar surface area (TPSA) is 163 Å². The molecule has 0 radical (unpaired) electrons. The first-order chi connectivity index (χ1) is 54.2. The third kappa shape index (κ3) is 14.5. The van der Waals surface area contributed by atoms with Gasteiger partial charge in [0.25, 0.3) is 11.8 Å². The summed E-state index contributed by atoms with van der Waals surface area (Å²) in [5, 5.41) is 19.2. The minimum atomic E-state index is -0.824. The summed E-state index contributed by atoms with van der Waals surface area (Å²) in [5.41, 5.74) is 19.3. The second-order valence-corrected chi connectivity index (χ2v) is 30.8. The molecule has 14 nitrogen and oxygen atoms in total. The largest absolute Gasteiger partial charge is 0.489 e. The van der Waals surface area contributed by atoms with Crippen LogP contribution in [0.25, 0.3) is 49.9 Å². The van der Waals surface area contributed by atoms with Gasteiger partial charge in [-0.15, -0.1) is 6.58 Å². The Morgan fingerprint density at radius 3 is 1.12 bits per heavy atom. The fourth-order valence-electron chi connectivity index (χ4n) is 15.3. The first-order valence-corrected chi connectivity index (χ1v) is 38.6. The summed E-state index contributed by atoms with van der Waals surface area (Å²) in [4.78, 5) is 45.7. The lowest BCUT2D eigenvalue weighted by Gasteiger charge is -2.37. The summed E-state index contributed by atoms with van der Waals surface area (Å²) in [6.07, 6.45) is 8.01. The molecule has 2 atom stereocenters. The van der Waals surface area contributed by atoms with Gasteiger partial charge in [-0.3, -0.25) is 19.6 Å². The number of aromatic nitrogens is 6. The first kappa shape index (κ1) is 75.1. The number of pyridine rings is 2. The summed E-state index contributed by atoms with van der Waals surface area (Å²) < 4.78 is 16.7. The van der Waals surface area contributed by atoms with Crippen LogP contribution in [0, 0.1) is 0 Å². The molecule has 0 saturated carbocycles. The quantitative estimate of drug-likeness (QED) is 0.0633. The Morgan fingerprint density at radius 2 is 0.795 bits per heavy atom. The Kier molecular flexibility index (Phi) is 21.2. The summed E-state index contributed by atoms with van der Waals surface area (Å²) in [7, 11) is -0.241. The Labute approximate surface area is 663 Å². The molecule has 3 aliphatic rings. The minimum absolute atomic E-state index is 0.170. The first-order valence-electron chi connectivity index (χ1n) is 37.8. The van der Waals surface area contributed by atoms with E-state index < -0.39 is 11.1 Å². The molecule has 2 amide bonds. The molecule has 17 rings (SSSR count). The van der Waals surface area contributed by atoms with E-state index in [-0.39, 0.29) is 42.2 Å². The van der Waals surface area contributed by atoms with Crippen molar-refractivity contribution in [3.05, 3.63) is 388 Å². The van der Waals surface area contributed by atoms with Gasteiger partial charge in [-0.2, -0.15) is 10.2 Å². The summed E-state index contributed by atoms with van der Waals surface area (Å²) >= 11 is 3.54. The Morgan fingerprint density at radius 1 is 0.455 bits per heavy atom. The molecule has 1 saturated heterocycles. The number of carbonyl (C=O) groups is 2. The summed E-state index contributed by atoms with van der Waals surface area (Å²) in [6, 6.07) is 95.5. The maximum Gasteiger partial charge on any atom is 0.489 e. The Bertz CT molecular complexity index is 5670. The number of halogens is 1. The molecule has 1 fully saturated rings. The SMILES string of the molecule is C=C(C)B1OC(C)(C)C(C)(C)O1.C=C(C)c1cccc([C@@H](C)NC(=O)C2=Nc3cc4c(-c5ccncc5)nn(C(c5ccccc5)(c5ccccc5)c5ccccc5)c4cc3C2)c1.C[C@@H](NC(=O)C1=Nc2cc3c(-c4ccncc4)nn(C(c4ccccc4)(c4ccccc4)c4ccccc4)c3cc2C1)c1cccc(Br)c1. The Balaban J connectivity index is 0.000000154. The fraction of sp³-hybridized carbons (Fsp3) is 0.167. The number of rotatable bonds is 18. The molecule has 112 heavy (non-hydrogen) atoms. The van der Waals surface area contributed by atoms with Crippen molar-refractivity contribution in [3.63, 3.8) is 0 Å². The predicted octanol–water partition coefficient (Wildman–Crippen LogP) is 20.9. The van der Waals surface area contributed by atoms with E-state index in [2.05, 4.69) is 235 Å². The van der Waals surface area contributed by atoms with E-state index in [0.717, 1.165) is 132 Å². The van der Waals surface area contributed by atoms with Gasteiger partial charge in [0.05, 0.1) is 45.7 Å². The predicted molar refractivity (Wildman–Crippen MR) is 456 cm³/mol. The molecule has 0 bridgehead atoms. The number of carbonyl (C=O) groups excluding carboxylic acids is 2. The van der Waals surface area contributed by atoms with Crippen LogP contribution >= 0.6 is 15.9 Å². The molecule has 0 unspecified atom stereocenters.